The molecule has 4 nitrogen and oxygen atoms in total. The van der Waals surface area contributed by atoms with E-state index < -0.39 is 13.7 Å². The van der Waals surface area contributed by atoms with Crippen LogP contribution in [-0.4, -0.2) is 19.4 Å². The highest BCUT2D eigenvalue weighted by atomic mass is 31.1. The molecular formula is C10H20O4P+. The second-order valence-corrected chi connectivity index (χ2v) is 4.58. The van der Waals surface area contributed by atoms with Gasteiger partial charge in [0.05, 0.1) is 7.11 Å². The van der Waals surface area contributed by atoms with Gasteiger partial charge >= 0.3 is 13.7 Å². The van der Waals surface area contributed by atoms with E-state index >= 15 is 0 Å². The molecule has 0 heterocycles. The van der Waals surface area contributed by atoms with Crippen LogP contribution >= 0.6 is 8.03 Å². The fourth-order valence-electron chi connectivity index (χ4n) is 1.20. The van der Waals surface area contributed by atoms with Gasteiger partial charge in [-0.3, -0.25) is 0 Å². The molecule has 2 atom stereocenters. The maximum absolute atomic E-state index is 11.1. The van der Waals surface area contributed by atoms with Crippen molar-refractivity contribution in [2.45, 2.75) is 39.5 Å². The van der Waals surface area contributed by atoms with E-state index in [0.29, 0.717) is 12.5 Å². The normalized spacial score (nSPS) is 13.4. The van der Waals surface area contributed by atoms with Gasteiger partial charge in [-0.05, 0) is 16.9 Å². The van der Waals surface area contributed by atoms with E-state index in [9.17, 15) is 9.36 Å². The van der Waals surface area contributed by atoms with Crippen LogP contribution in [0.15, 0.2) is 0 Å². The maximum Gasteiger partial charge on any atom is 0.636 e. The summed E-state index contributed by atoms with van der Waals surface area (Å²) < 4.78 is 20.4. The summed E-state index contributed by atoms with van der Waals surface area (Å²) in [5.74, 6) is 0.383. The molecule has 0 radical (unpaired) electrons. The molecule has 0 aliphatic heterocycles. The van der Waals surface area contributed by atoms with Crippen molar-refractivity contribution in [2.75, 3.05) is 13.7 Å². The van der Waals surface area contributed by atoms with Gasteiger partial charge in [-0.2, -0.15) is 4.79 Å². The highest BCUT2D eigenvalue weighted by molar-refractivity contribution is 7.58. The Bertz CT molecular complexity index is 206. The fourth-order valence-corrected chi connectivity index (χ4v) is 1.80. The lowest BCUT2D eigenvalue weighted by Crippen LogP contribution is -2.07. The average molecular weight is 235 g/mol. The zero-order valence-corrected chi connectivity index (χ0v) is 10.6. The average Bonchev–Trinajstić information content (AvgIpc) is 2.27. The Kier molecular flexibility index (Phi) is 8.53. The number of ether oxygens (including phenoxy) is 1. The third-order valence-electron chi connectivity index (χ3n) is 2.29. The molecule has 0 rings (SSSR count). The van der Waals surface area contributed by atoms with Gasteiger partial charge in [0.1, 0.15) is 6.61 Å². The molecule has 0 fully saturated rings. The predicted molar refractivity (Wildman–Crippen MR) is 59.3 cm³/mol. The molecule has 0 aliphatic carbocycles. The van der Waals surface area contributed by atoms with Crippen LogP contribution in [0.2, 0.25) is 0 Å². The van der Waals surface area contributed by atoms with Crippen LogP contribution in [-0.2, 0) is 13.8 Å². The molecular weight excluding hydrogens is 215 g/mol. The van der Waals surface area contributed by atoms with Crippen LogP contribution in [0.5, 0.6) is 0 Å². The number of carbonyl (C=O) groups excluding carboxylic acids is 1. The first-order valence-corrected chi connectivity index (χ1v) is 6.51. The summed E-state index contributed by atoms with van der Waals surface area (Å²) in [6.45, 7) is 4.57. The molecule has 15 heavy (non-hydrogen) atoms. The predicted octanol–water partition coefficient (Wildman–Crippen LogP) is 3.73. The van der Waals surface area contributed by atoms with Gasteiger partial charge in [0, 0.05) is 0 Å². The van der Waals surface area contributed by atoms with Crippen LogP contribution in [0, 0.1) is 5.92 Å². The number of hydrogen-bond acceptors (Lipinski definition) is 4. The smallest absolute Gasteiger partial charge is 0.429 e. The molecule has 0 aromatic heterocycles. The minimum Gasteiger partial charge on any atom is -0.429 e. The largest absolute Gasteiger partial charge is 0.636 e. The molecule has 5 heteroatoms. The Hall–Kier alpha value is -0.470. The Labute approximate surface area is 92.2 Å². The minimum absolute atomic E-state index is 0.376. The second-order valence-electron chi connectivity index (χ2n) is 3.44. The molecule has 0 saturated heterocycles. The van der Waals surface area contributed by atoms with Crippen LogP contribution in [0.1, 0.15) is 39.5 Å². The summed E-state index contributed by atoms with van der Waals surface area (Å²) in [6.07, 6.45) is 4.30. The van der Waals surface area contributed by atoms with Crippen molar-refractivity contribution in [3.05, 3.63) is 0 Å². The topological polar surface area (TPSA) is 52.6 Å². The Balaban J connectivity index is 3.79. The van der Waals surface area contributed by atoms with E-state index in [1.807, 2.05) is 0 Å². The van der Waals surface area contributed by atoms with E-state index in [0.717, 1.165) is 25.7 Å². The van der Waals surface area contributed by atoms with Gasteiger partial charge in [0.25, 0.3) is 0 Å². The first kappa shape index (κ1) is 14.5. The summed E-state index contributed by atoms with van der Waals surface area (Å²) in [5.41, 5.74) is -0.782. The highest BCUT2D eigenvalue weighted by Gasteiger charge is 2.33. The van der Waals surface area contributed by atoms with E-state index in [1.54, 1.807) is 0 Å². The van der Waals surface area contributed by atoms with Crippen molar-refractivity contribution in [2.24, 2.45) is 5.92 Å². The summed E-state index contributed by atoms with van der Waals surface area (Å²) in [7, 11) is -1.10. The van der Waals surface area contributed by atoms with Gasteiger partial charge in [0.2, 0.25) is 0 Å². The summed E-state index contributed by atoms with van der Waals surface area (Å²) in [5, 5.41) is 0. The maximum atomic E-state index is 11.1. The Morgan fingerprint density at radius 3 is 2.53 bits per heavy atom. The van der Waals surface area contributed by atoms with E-state index in [2.05, 4.69) is 18.6 Å². The van der Waals surface area contributed by atoms with Gasteiger partial charge in [-0.15, -0.1) is 4.52 Å². The van der Waals surface area contributed by atoms with Crippen LogP contribution in [0.4, 0.5) is 4.79 Å². The molecule has 0 spiro atoms. The van der Waals surface area contributed by atoms with Crippen molar-refractivity contribution >= 4 is 13.7 Å². The molecule has 88 valence electrons. The van der Waals surface area contributed by atoms with Crippen molar-refractivity contribution in [1.82, 2.24) is 0 Å². The van der Waals surface area contributed by atoms with Crippen molar-refractivity contribution < 1.29 is 18.6 Å². The number of rotatable bonds is 8. The SMILES string of the molecule is CCCCC(CC)CO[P+](=O)C(=O)OC. The zero-order chi connectivity index (χ0) is 11.7. The van der Waals surface area contributed by atoms with E-state index in [4.69, 9.17) is 4.52 Å². The molecule has 0 aromatic rings. The van der Waals surface area contributed by atoms with E-state index in [1.165, 1.54) is 7.11 Å². The molecule has 0 N–H and O–H groups in total. The lowest BCUT2D eigenvalue weighted by atomic mass is 10.0. The minimum atomic E-state index is -2.31. The van der Waals surface area contributed by atoms with E-state index in [-0.39, 0.29) is 0 Å². The molecule has 0 aromatic carbocycles. The summed E-state index contributed by atoms with van der Waals surface area (Å²) in [6, 6.07) is 0. The molecule has 0 bridgehead atoms. The van der Waals surface area contributed by atoms with Crippen LogP contribution < -0.4 is 0 Å². The zero-order valence-electron chi connectivity index (χ0n) is 9.69. The van der Waals surface area contributed by atoms with Gasteiger partial charge in [-0.25, -0.2) is 0 Å². The van der Waals surface area contributed by atoms with Crippen molar-refractivity contribution in [1.29, 1.82) is 0 Å². The number of methoxy groups -OCH3 is 1. The Morgan fingerprint density at radius 2 is 2.07 bits per heavy atom. The van der Waals surface area contributed by atoms with Gasteiger partial charge in [0.15, 0.2) is 0 Å². The first-order chi connectivity index (χ1) is 7.15. The Morgan fingerprint density at radius 1 is 1.40 bits per heavy atom. The standard InChI is InChI=1S/C10H20O4P/c1-4-6-7-9(5-2)8-14-15(12)10(11)13-3/h9H,4-8H2,1-3H3/q+1. The second kappa shape index (κ2) is 8.81. The fraction of sp³-hybridized carbons (Fsp3) is 0.900. The molecule has 0 aliphatic rings. The van der Waals surface area contributed by atoms with Gasteiger partial charge < -0.3 is 4.74 Å². The lowest BCUT2D eigenvalue weighted by molar-refractivity contribution is 0.186. The quantitative estimate of drug-likeness (QED) is 0.601. The van der Waals surface area contributed by atoms with Crippen LogP contribution in [0.3, 0.4) is 0 Å². The van der Waals surface area contributed by atoms with Gasteiger partial charge in [-0.1, -0.05) is 33.1 Å². The highest BCUT2D eigenvalue weighted by Crippen LogP contribution is 2.27. The third-order valence-corrected chi connectivity index (χ3v) is 3.16. The molecule has 2 unspecified atom stereocenters. The molecule has 0 amide bonds. The third kappa shape index (κ3) is 6.58. The van der Waals surface area contributed by atoms with Crippen molar-refractivity contribution in [3.8, 4) is 0 Å². The van der Waals surface area contributed by atoms with Crippen molar-refractivity contribution in [3.63, 3.8) is 0 Å². The van der Waals surface area contributed by atoms with Crippen LogP contribution in [0.25, 0.3) is 0 Å². The summed E-state index contributed by atoms with van der Waals surface area (Å²) >= 11 is 0. The molecule has 0 saturated carbocycles. The monoisotopic (exact) mass is 235 g/mol. The number of hydrogen-bond donors (Lipinski definition) is 0. The number of unbranched alkanes of at least 4 members (excludes halogenated alkanes) is 1. The summed E-state index contributed by atoms with van der Waals surface area (Å²) in [4.78, 5) is 10.8. The number of carbonyl (C=O) groups is 1. The lowest BCUT2D eigenvalue weighted by Gasteiger charge is -2.09. The first-order valence-electron chi connectivity index (χ1n) is 5.33.